The van der Waals surface area contributed by atoms with Crippen LogP contribution in [0.5, 0.6) is 0 Å². The van der Waals surface area contributed by atoms with E-state index in [9.17, 15) is 0 Å². The van der Waals surface area contributed by atoms with Gasteiger partial charge in [-0.15, -0.1) is 0 Å². The minimum Gasteiger partial charge on any atom is -0.378 e. The number of aryl methyl sites for hydroxylation is 1. The summed E-state index contributed by atoms with van der Waals surface area (Å²) in [6, 6.07) is 10.5. The molecule has 0 atom stereocenters. The Morgan fingerprint density at radius 3 is 2.20 bits per heavy atom. The molecule has 3 aromatic rings. The summed E-state index contributed by atoms with van der Waals surface area (Å²) >= 11 is 0. The van der Waals surface area contributed by atoms with E-state index in [0.29, 0.717) is 5.92 Å². The molecule has 0 radical (unpaired) electrons. The minimum absolute atomic E-state index is 0.508. The largest absolute Gasteiger partial charge is 0.378 e. The molecule has 0 aliphatic carbocycles. The van der Waals surface area contributed by atoms with Gasteiger partial charge in [0.15, 0.2) is 0 Å². The van der Waals surface area contributed by atoms with Crippen molar-refractivity contribution >= 4 is 11.6 Å². The third kappa shape index (κ3) is 3.65. The molecule has 0 spiro atoms. The van der Waals surface area contributed by atoms with Gasteiger partial charge in [-0.1, -0.05) is 30.3 Å². The number of rotatable bonds is 4. The number of aromatic nitrogens is 4. The molecular formula is C23H28N6O. The Balaban J connectivity index is 1.47. The highest BCUT2D eigenvalue weighted by Crippen LogP contribution is 2.39. The first kappa shape index (κ1) is 19.1. The van der Waals surface area contributed by atoms with E-state index in [1.165, 1.54) is 17.0 Å². The van der Waals surface area contributed by atoms with Crippen LogP contribution in [0.25, 0.3) is 11.1 Å². The van der Waals surface area contributed by atoms with Gasteiger partial charge in [-0.25, -0.2) is 15.0 Å². The second-order valence-corrected chi connectivity index (χ2v) is 8.04. The molecule has 1 N–H and O–H groups in total. The van der Waals surface area contributed by atoms with Gasteiger partial charge >= 0.3 is 0 Å². The molecule has 0 bridgehead atoms. The summed E-state index contributed by atoms with van der Waals surface area (Å²) in [7, 11) is 0. The lowest BCUT2D eigenvalue weighted by Gasteiger charge is -2.35. The van der Waals surface area contributed by atoms with E-state index in [1.807, 2.05) is 6.33 Å². The van der Waals surface area contributed by atoms with Crippen LogP contribution < -0.4 is 9.80 Å². The zero-order chi connectivity index (χ0) is 20.3. The van der Waals surface area contributed by atoms with Crippen molar-refractivity contribution < 1.29 is 4.74 Å². The average molecular weight is 405 g/mol. The molecule has 2 aliphatic heterocycles. The molecule has 0 saturated carbocycles. The van der Waals surface area contributed by atoms with E-state index < -0.39 is 0 Å². The number of aromatic amines is 1. The fourth-order valence-electron chi connectivity index (χ4n) is 4.63. The highest BCUT2D eigenvalue weighted by molar-refractivity contribution is 5.85. The molecule has 0 unspecified atom stereocenters. The maximum atomic E-state index is 5.57. The third-order valence-electron chi connectivity index (χ3n) is 6.23. The van der Waals surface area contributed by atoms with Crippen LogP contribution >= 0.6 is 0 Å². The van der Waals surface area contributed by atoms with Gasteiger partial charge in [-0.3, -0.25) is 0 Å². The highest BCUT2D eigenvalue weighted by Gasteiger charge is 2.28. The lowest BCUT2D eigenvalue weighted by atomic mass is 9.92. The second kappa shape index (κ2) is 8.44. The van der Waals surface area contributed by atoms with Gasteiger partial charge < -0.3 is 19.5 Å². The lowest BCUT2D eigenvalue weighted by molar-refractivity contribution is 0.122. The molecule has 1 aromatic carbocycles. The Labute approximate surface area is 177 Å². The zero-order valence-corrected chi connectivity index (χ0v) is 17.4. The number of hydrogen-bond donors (Lipinski definition) is 1. The van der Waals surface area contributed by atoms with E-state index in [-0.39, 0.29) is 0 Å². The Morgan fingerprint density at radius 2 is 1.57 bits per heavy atom. The van der Waals surface area contributed by atoms with Crippen molar-refractivity contribution in [3.8, 4) is 11.1 Å². The van der Waals surface area contributed by atoms with Crippen molar-refractivity contribution in [1.29, 1.82) is 0 Å². The summed E-state index contributed by atoms with van der Waals surface area (Å²) in [6.07, 6.45) is 5.69. The fourth-order valence-corrected chi connectivity index (χ4v) is 4.63. The molecule has 2 aliphatic rings. The zero-order valence-electron chi connectivity index (χ0n) is 17.4. The summed E-state index contributed by atoms with van der Waals surface area (Å²) in [4.78, 5) is 22.0. The molecule has 7 heteroatoms. The van der Waals surface area contributed by atoms with E-state index in [1.54, 1.807) is 6.33 Å². The quantitative estimate of drug-likeness (QED) is 0.719. The minimum atomic E-state index is 0.508. The number of nitrogens with zero attached hydrogens (tertiary/aromatic N) is 5. The van der Waals surface area contributed by atoms with Crippen LogP contribution in [0.2, 0.25) is 0 Å². The number of hydrogen-bond acceptors (Lipinski definition) is 6. The average Bonchev–Trinajstić information content (AvgIpc) is 3.25. The molecule has 2 fully saturated rings. The molecule has 5 rings (SSSR count). The maximum absolute atomic E-state index is 5.57. The predicted molar refractivity (Wildman–Crippen MR) is 118 cm³/mol. The van der Waals surface area contributed by atoms with Gasteiger partial charge in [0.1, 0.15) is 18.0 Å². The number of piperidine rings is 1. The third-order valence-corrected chi connectivity index (χ3v) is 6.23. The van der Waals surface area contributed by atoms with Gasteiger partial charge in [-0.05, 0) is 25.3 Å². The topological polar surface area (TPSA) is 70.2 Å². The first-order valence-corrected chi connectivity index (χ1v) is 10.8. The number of anilines is 2. The predicted octanol–water partition coefficient (Wildman–Crippen LogP) is 3.40. The summed E-state index contributed by atoms with van der Waals surface area (Å²) in [5, 5.41) is 0. The van der Waals surface area contributed by atoms with Gasteiger partial charge in [-0.2, -0.15) is 0 Å². The maximum Gasteiger partial charge on any atom is 0.142 e. The Hall–Kier alpha value is -2.93. The fraction of sp³-hybridized carbons (Fsp3) is 0.435. The van der Waals surface area contributed by atoms with Crippen molar-refractivity contribution in [2.24, 2.45) is 0 Å². The van der Waals surface area contributed by atoms with Crippen LogP contribution in [-0.2, 0) is 4.74 Å². The molecule has 30 heavy (non-hydrogen) atoms. The number of imidazole rings is 1. The van der Waals surface area contributed by atoms with Crippen molar-refractivity contribution in [2.45, 2.75) is 25.7 Å². The van der Waals surface area contributed by atoms with E-state index in [0.717, 1.165) is 69.4 Å². The standard InChI is InChI=1S/C23H28N6O/c1-17-21(25-15-24-17)19-7-9-28(10-8-19)22-20(18-5-3-2-4-6-18)23(27-16-26-22)29-11-13-30-14-12-29/h2-6,15-16,19H,7-14H2,1H3,(H,24,25). The number of ether oxygens (including phenoxy) is 1. The Bertz CT molecular complexity index is 974. The summed E-state index contributed by atoms with van der Waals surface area (Å²) in [5.74, 6) is 2.56. The highest BCUT2D eigenvalue weighted by atomic mass is 16.5. The number of H-pyrrole nitrogens is 1. The lowest BCUT2D eigenvalue weighted by Crippen LogP contribution is -2.38. The molecular weight excluding hydrogens is 376 g/mol. The Morgan fingerprint density at radius 1 is 0.900 bits per heavy atom. The monoisotopic (exact) mass is 404 g/mol. The normalized spacial score (nSPS) is 18.0. The second-order valence-electron chi connectivity index (χ2n) is 8.04. The van der Waals surface area contributed by atoms with Crippen LogP contribution in [-0.4, -0.2) is 59.3 Å². The molecule has 4 heterocycles. The van der Waals surface area contributed by atoms with E-state index in [2.05, 4.69) is 57.0 Å². The number of nitrogens with one attached hydrogen (secondary N) is 1. The smallest absolute Gasteiger partial charge is 0.142 e. The van der Waals surface area contributed by atoms with Gasteiger partial charge in [0, 0.05) is 37.8 Å². The van der Waals surface area contributed by atoms with Crippen LogP contribution in [0.15, 0.2) is 43.0 Å². The van der Waals surface area contributed by atoms with Crippen molar-refractivity contribution in [3.05, 3.63) is 54.4 Å². The SMILES string of the molecule is Cc1[nH]cnc1C1CCN(c2ncnc(N3CCOCC3)c2-c2ccccc2)CC1. The van der Waals surface area contributed by atoms with Crippen molar-refractivity contribution in [3.63, 3.8) is 0 Å². The van der Waals surface area contributed by atoms with E-state index in [4.69, 9.17) is 14.7 Å². The van der Waals surface area contributed by atoms with Gasteiger partial charge in [0.2, 0.25) is 0 Å². The summed E-state index contributed by atoms with van der Waals surface area (Å²) < 4.78 is 5.57. The van der Waals surface area contributed by atoms with Crippen LogP contribution in [0, 0.1) is 6.92 Å². The molecule has 156 valence electrons. The first-order chi connectivity index (χ1) is 14.8. The van der Waals surface area contributed by atoms with Crippen LogP contribution in [0.3, 0.4) is 0 Å². The van der Waals surface area contributed by atoms with Gasteiger partial charge in [0.05, 0.1) is 30.8 Å². The van der Waals surface area contributed by atoms with E-state index >= 15 is 0 Å². The molecule has 2 saturated heterocycles. The molecule has 0 amide bonds. The van der Waals surface area contributed by atoms with Crippen LogP contribution in [0.4, 0.5) is 11.6 Å². The van der Waals surface area contributed by atoms with Gasteiger partial charge in [0.25, 0.3) is 0 Å². The summed E-state index contributed by atoms with van der Waals surface area (Å²) in [6.45, 7) is 7.24. The van der Waals surface area contributed by atoms with Crippen LogP contribution in [0.1, 0.15) is 30.1 Å². The summed E-state index contributed by atoms with van der Waals surface area (Å²) in [5.41, 5.74) is 4.71. The van der Waals surface area contributed by atoms with Crippen molar-refractivity contribution in [1.82, 2.24) is 19.9 Å². The molecule has 2 aromatic heterocycles. The molecule has 7 nitrogen and oxygen atoms in total. The number of morpholine rings is 1. The van der Waals surface area contributed by atoms with Crippen molar-refractivity contribution in [2.75, 3.05) is 49.2 Å². The first-order valence-electron chi connectivity index (χ1n) is 10.8. The Kier molecular flexibility index (Phi) is 5.36. The number of benzene rings is 1.